The highest BCUT2D eigenvalue weighted by molar-refractivity contribution is 5.21. The third-order valence-corrected chi connectivity index (χ3v) is 3.75. The van der Waals surface area contributed by atoms with Crippen molar-refractivity contribution in [3.8, 4) is 0 Å². The minimum atomic E-state index is 0.311. The molecule has 2 N–H and O–H groups in total. The summed E-state index contributed by atoms with van der Waals surface area (Å²) < 4.78 is 5.76. The van der Waals surface area contributed by atoms with Crippen LogP contribution in [-0.4, -0.2) is 37.2 Å². The van der Waals surface area contributed by atoms with Gasteiger partial charge in [-0.1, -0.05) is 29.8 Å². The number of nitrogens with zero attached hydrogens (tertiary/aromatic N) is 1. The second-order valence-electron chi connectivity index (χ2n) is 5.26. The zero-order valence-electron chi connectivity index (χ0n) is 11.4. The summed E-state index contributed by atoms with van der Waals surface area (Å²) in [6, 6.07) is 9.03. The van der Waals surface area contributed by atoms with Crippen LogP contribution in [0, 0.1) is 6.92 Å². The standard InChI is InChI=1S/C15H24N2O/c1-12-5-7-13(8-6-12)11-17(2)14(10-16)15-4-3-9-18-15/h5-8,14-15H,3-4,9-11,16H2,1-2H3. The van der Waals surface area contributed by atoms with Crippen molar-refractivity contribution in [2.45, 2.75) is 38.5 Å². The smallest absolute Gasteiger partial charge is 0.0743 e. The first-order valence-electron chi connectivity index (χ1n) is 6.78. The van der Waals surface area contributed by atoms with E-state index in [9.17, 15) is 0 Å². The van der Waals surface area contributed by atoms with E-state index in [2.05, 4.69) is 43.1 Å². The minimum absolute atomic E-state index is 0.311. The van der Waals surface area contributed by atoms with Crippen molar-refractivity contribution in [1.29, 1.82) is 0 Å². The second kappa shape index (κ2) is 6.32. The Morgan fingerprint density at radius 2 is 2.11 bits per heavy atom. The summed E-state index contributed by atoms with van der Waals surface area (Å²) in [4.78, 5) is 2.32. The van der Waals surface area contributed by atoms with Crippen LogP contribution >= 0.6 is 0 Å². The van der Waals surface area contributed by atoms with Crippen LogP contribution in [-0.2, 0) is 11.3 Å². The van der Waals surface area contributed by atoms with Gasteiger partial charge in [-0.2, -0.15) is 0 Å². The van der Waals surface area contributed by atoms with Crippen LogP contribution in [0.3, 0.4) is 0 Å². The molecule has 2 rings (SSSR count). The molecule has 1 aliphatic rings. The molecule has 1 aromatic rings. The lowest BCUT2D eigenvalue weighted by Gasteiger charge is -2.31. The molecule has 0 saturated carbocycles. The van der Waals surface area contributed by atoms with Crippen LogP contribution in [0.25, 0.3) is 0 Å². The largest absolute Gasteiger partial charge is 0.377 e. The molecule has 3 heteroatoms. The molecule has 0 aliphatic carbocycles. The first kappa shape index (κ1) is 13.5. The first-order valence-corrected chi connectivity index (χ1v) is 6.78. The maximum absolute atomic E-state index is 5.91. The fourth-order valence-corrected chi connectivity index (χ4v) is 2.62. The molecule has 2 atom stereocenters. The average Bonchev–Trinajstić information content (AvgIpc) is 2.87. The van der Waals surface area contributed by atoms with E-state index in [1.807, 2.05) is 0 Å². The van der Waals surface area contributed by atoms with E-state index in [4.69, 9.17) is 10.5 Å². The van der Waals surface area contributed by atoms with Gasteiger partial charge in [0.15, 0.2) is 0 Å². The number of hydrogen-bond acceptors (Lipinski definition) is 3. The van der Waals surface area contributed by atoms with Gasteiger partial charge < -0.3 is 10.5 Å². The third kappa shape index (κ3) is 3.31. The van der Waals surface area contributed by atoms with Gasteiger partial charge in [0.2, 0.25) is 0 Å². The van der Waals surface area contributed by atoms with Crippen molar-refractivity contribution in [2.75, 3.05) is 20.2 Å². The van der Waals surface area contributed by atoms with Gasteiger partial charge in [0, 0.05) is 25.7 Å². The fourth-order valence-electron chi connectivity index (χ4n) is 2.62. The van der Waals surface area contributed by atoms with Gasteiger partial charge in [-0.25, -0.2) is 0 Å². The molecule has 1 heterocycles. The van der Waals surface area contributed by atoms with Crippen molar-refractivity contribution in [3.63, 3.8) is 0 Å². The van der Waals surface area contributed by atoms with E-state index in [-0.39, 0.29) is 0 Å². The molecule has 3 nitrogen and oxygen atoms in total. The molecule has 0 bridgehead atoms. The summed E-state index contributed by atoms with van der Waals surface area (Å²) in [7, 11) is 2.14. The average molecular weight is 248 g/mol. The van der Waals surface area contributed by atoms with E-state index >= 15 is 0 Å². The van der Waals surface area contributed by atoms with Crippen molar-refractivity contribution in [1.82, 2.24) is 4.90 Å². The number of likely N-dealkylation sites (N-methyl/N-ethyl adjacent to an activating group) is 1. The molecule has 1 fully saturated rings. The second-order valence-corrected chi connectivity index (χ2v) is 5.26. The highest BCUT2D eigenvalue weighted by Gasteiger charge is 2.27. The molecule has 0 aromatic heterocycles. The van der Waals surface area contributed by atoms with Gasteiger partial charge in [-0.05, 0) is 32.4 Å². The van der Waals surface area contributed by atoms with E-state index in [1.54, 1.807) is 0 Å². The highest BCUT2D eigenvalue weighted by atomic mass is 16.5. The molecule has 18 heavy (non-hydrogen) atoms. The highest BCUT2D eigenvalue weighted by Crippen LogP contribution is 2.19. The van der Waals surface area contributed by atoms with Gasteiger partial charge in [0.25, 0.3) is 0 Å². The first-order chi connectivity index (χ1) is 8.70. The minimum Gasteiger partial charge on any atom is -0.377 e. The van der Waals surface area contributed by atoms with Crippen molar-refractivity contribution in [3.05, 3.63) is 35.4 Å². The quantitative estimate of drug-likeness (QED) is 0.865. The van der Waals surface area contributed by atoms with Gasteiger partial charge in [0.1, 0.15) is 0 Å². The van der Waals surface area contributed by atoms with Crippen LogP contribution in [0.5, 0.6) is 0 Å². The summed E-state index contributed by atoms with van der Waals surface area (Å²) in [6.07, 6.45) is 2.62. The summed E-state index contributed by atoms with van der Waals surface area (Å²) in [6.45, 7) is 4.59. The SMILES string of the molecule is Cc1ccc(CN(C)C(CN)C2CCCO2)cc1. The molecule has 0 spiro atoms. The maximum atomic E-state index is 5.91. The van der Waals surface area contributed by atoms with E-state index in [0.29, 0.717) is 18.7 Å². The monoisotopic (exact) mass is 248 g/mol. The third-order valence-electron chi connectivity index (χ3n) is 3.75. The number of ether oxygens (including phenoxy) is 1. The Balaban J connectivity index is 1.96. The zero-order chi connectivity index (χ0) is 13.0. The maximum Gasteiger partial charge on any atom is 0.0743 e. The molecule has 100 valence electrons. The predicted molar refractivity (Wildman–Crippen MR) is 74.5 cm³/mol. The van der Waals surface area contributed by atoms with Gasteiger partial charge in [-0.3, -0.25) is 4.90 Å². The number of nitrogens with two attached hydrogens (primary N) is 1. The zero-order valence-corrected chi connectivity index (χ0v) is 11.4. The normalized spacial score (nSPS) is 21.4. The molecule has 0 amide bonds. The Bertz CT molecular complexity index is 357. The van der Waals surface area contributed by atoms with Gasteiger partial charge in [0.05, 0.1) is 6.10 Å². The molecule has 1 aromatic carbocycles. The Labute approximate surface area is 110 Å². The van der Waals surface area contributed by atoms with Crippen LogP contribution in [0.4, 0.5) is 0 Å². The van der Waals surface area contributed by atoms with Crippen molar-refractivity contribution in [2.24, 2.45) is 5.73 Å². The Morgan fingerprint density at radius 3 is 2.67 bits per heavy atom. The summed E-state index contributed by atoms with van der Waals surface area (Å²) >= 11 is 0. The number of aryl methyl sites for hydroxylation is 1. The lowest BCUT2D eigenvalue weighted by molar-refractivity contribution is 0.0347. The number of hydrogen-bond donors (Lipinski definition) is 1. The predicted octanol–water partition coefficient (Wildman–Crippen LogP) is 1.93. The molecule has 0 radical (unpaired) electrons. The lowest BCUT2D eigenvalue weighted by Crippen LogP contribution is -2.45. The van der Waals surface area contributed by atoms with Gasteiger partial charge in [-0.15, -0.1) is 0 Å². The summed E-state index contributed by atoms with van der Waals surface area (Å²) in [5, 5.41) is 0. The number of rotatable bonds is 5. The number of benzene rings is 1. The molecular weight excluding hydrogens is 224 g/mol. The van der Waals surface area contributed by atoms with Gasteiger partial charge >= 0.3 is 0 Å². The Kier molecular flexibility index (Phi) is 4.75. The van der Waals surface area contributed by atoms with E-state index in [1.165, 1.54) is 17.5 Å². The molecule has 2 unspecified atom stereocenters. The van der Waals surface area contributed by atoms with Crippen LogP contribution in [0.15, 0.2) is 24.3 Å². The topological polar surface area (TPSA) is 38.5 Å². The molecule has 1 saturated heterocycles. The van der Waals surface area contributed by atoms with Crippen molar-refractivity contribution < 1.29 is 4.74 Å². The summed E-state index contributed by atoms with van der Waals surface area (Å²) in [5.41, 5.74) is 8.54. The Morgan fingerprint density at radius 1 is 1.39 bits per heavy atom. The summed E-state index contributed by atoms with van der Waals surface area (Å²) in [5.74, 6) is 0. The fraction of sp³-hybridized carbons (Fsp3) is 0.600. The van der Waals surface area contributed by atoms with E-state index < -0.39 is 0 Å². The van der Waals surface area contributed by atoms with E-state index in [0.717, 1.165) is 19.6 Å². The van der Waals surface area contributed by atoms with Crippen molar-refractivity contribution >= 4 is 0 Å². The Hall–Kier alpha value is -0.900. The van der Waals surface area contributed by atoms with Crippen LogP contribution in [0.1, 0.15) is 24.0 Å². The van der Waals surface area contributed by atoms with Crippen LogP contribution < -0.4 is 5.73 Å². The van der Waals surface area contributed by atoms with Crippen LogP contribution in [0.2, 0.25) is 0 Å². The lowest BCUT2D eigenvalue weighted by atomic mass is 10.1. The molecular formula is C15H24N2O. The molecule has 1 aliphatic heterocycles.